The number of halogens is 8. The first-order valence-corrected chi connectivity index (χ1v) is 10.6. The molecule has 1 aromatic rings. The van der Waals surface area contributed by atoms with Crippen molar-refractivity contribution < 1.29 is 65.9 Å². The van der Waals surface area contributed by atoms with Crippen LogP contribution >= 0.6 is 10.2 Å². The van der Waals surface area contributed by atoms with Gasteiger partial charge in [0.1, 0.15) is 10.6 Å². The van der Waals surface area contributed by atoms with E-state index in [9.17, 15) is 42.6 Å². The van der Waals surface area contributed by atoms with Crippen molar-refractivity contribution in [3.8, 4) is 5.75 Å². The van der Waals surface area contributed by atoms with E-state index in [1.807, 2.05) is 0 Å². The molecule has 0 aliphatic carbocycles. The van der Waals surface area contributed by atoms with E-state index in [-0.39, 0.29) is 23.7 Å². The quantitative estimate of drug-likeness (QED) is 0.0989. The molecule has 1 unspecified atom stereocenters. The van der Waals surface area contributed by atoms with E-state index in [1.54, 1.807) is 0 Å². The van der Waals surface area contributed by atoms with Crippen LogP contribution < -0.4 is 4.74 Å². The summed E-state index contributed by atoms with van der Waals surface area (Å²) in [4.78, 5) is 13.5. The average molecular weight is 534 g/mol. The molecule has 18 heteroatoms. The first kappa shape index (κ1) is 22.8. The molecule has 34 heavy (non-hydrogen) atoms. The van der Waals surface area contributed by atoms with Gasteiger partial charge in [0, 0.05) is 9.68 Å². The largest absolute Gasteiger partial charge is 0.569 e. The normalized spacial score (nSPS) is 20.3. The summed E-state index contributed by atoms with van der Waals surface area (Å²) in [5.41, 5.74) is -4.36. The lowest BCUT2D eigenvalue weighted by atomic mass is 9.99. The van der Waals surface area contributed by atoms with Crippen molar-refractivity contribution in [2.24, 2.45) is 5.28 Å². The number of hydrogen-bond acceptors (Lipinski definition) is 7. The summed E-state index contributed by atoms with van der Waals surface area (Å²) in [6, 6.07) is -0.889. The monoisotopic (exact) mass is 534 g/mol. The Hall–Kier alpha value is -3.02. The highest BCUT2D eigenvalue weighted by molar-refractivity contribution is 8.45. The molecule has 0 amide bonds. The summed E-state index contributed by atoms with van der Waals surface area (Å²) >= 11 is 0. The SMILES string of the molecule is [2H]C([2H])([2H])c1cc(S(F)(F)(F)(F)F)cc2c1OC(C(F)(F)F)C(C(=O)OCON=[N+]([O-])N(C)CCO)=C2. The molecular weight excluding hydrogens is 514 g/mol. The number of likely N-dealkylation sites (N-methyl/N-ethyl adjacent to an activating group) is 1. The summed E-state index contributed by atoms with van der Waals surface area (Å²) in [7, 11) is -9.40. The zero-order chi connectivity index (χ0) is 28.7. The van der Waals surface area contributed by atoms with Crippen LogP contribution in [0.4, 0.5) is 32.6 Å². The molecule has 0 bridgehead atoms. The number of hydrogen-bond donors (Lipinski definition) is 1. The van der Waals surface area contributed by atoms with Gasteiger partial charge in [0.25, 0.3) is 6.79 Å². The number of aliphatic hydroxyl groups is 1. The molecule has 1 aromatic carbocycles. The molecule has 2 rings (SSSR count). The lowest BCUT2D eigenvalue weighted by Gasteiger charge is -2.41. The lowest BCUT2D eigenvalue weighted by molar-refractivity contribution is -0.706. The maximum absolute atomic E-state index is 13.6. The van der Waals surface area contributed by atoms with E-state index < -0.39 is 82.1 Å². The molecule has 1 heterocycles. The summed E-state index contributed by atoms with van der Waals surface area (Å²) in [5, 5.41) is 23.7. The molecule has 0 aromatic heterocycles. The minimum absolute atomic E-state index is 0.0631. The van der Waals surface area contributed by atoms with E-state index in [4.69, 9.17) is 9.22 Å². The minimum Gasteiger partial charge on any atom is -0.569 e. The minimum atomic E-state index is -10.5. The number of alkyl halides is 3. The summed E-state index contributed by atoms with van der Waals surface area (Å²) < 4.78 is 138. The number of aliphatic hydroxyl groups excluding tert-OH is 1. The summed E-state index contributed by atoms with van der Waals surface area (Å²) in [5.74, 6) is -3.26. The number of hydrazine groups is 1. The Morgan fingerprint density at radius 2 is 2.00 bits per heavy atom. The molecular formula is C16H17F8N3O6S. The lowest BCUT2D eigenvalue weighted by Crippen LogP contribution is -2.41. The van der Waals surface area contributed by atoms with Gasteiger partial charge in [-0.1, -0.05) is 19.4 Å². The van der Waals surface area contributed by atoms with Crippen molar-refractivity contribution in [2.45, 2.75) is 24.0 Å². The second-order valence-electron chi connectivity index (χ2n) is 6.62. The van der Waals surface area contributed by atoms with Gasteiger partial charge >= 0.3 is 22.4 Å². The van der Waals surface area contributed by atoms with Crippen LogP contribution in [0.15, 0.2) is 27.9 Å². The molecule has 1 aliphatic heterocycles. The second-order valence-corrected chi connectivity index (χ2v) is 9.02. The molecule has 0 fully saturated rings. The standard InChI is InChI=1S/C16H17F8N3O6S/c1-9-5-11(34(20,21,22,23)24)6-10-7-12(14(16(17,18)19)33-13(9)10)15(29)31-8-32-25-27(30)26(2)3-4-28/h5-7,14,28H,3-4,8H2,1-2H3/i1D3. The number of rotatable bonds is 8. The van der Waals surface area contributed by atoms with Gasteiger partial charge in [0.05, 0.1) is 30.7 Å². The Morgan fingerprint density at radius 3 is 2.53 bits per heavy atom. The van der Waals surface area contributed by atoms with Gasteiger partial charge in [-0.25, -0.2) is 4.79 Å². The van der Waals surface area contributed by atoms with Crippen LogP contribution in [0, 0.1) is 12.1 Å². The van der Waals surface area contributed by atoms with E-state index in [2.05, 4.69) is 19.6 Å². The number of nitrogens with zero attached hydrogens (tertiary/aromatic N) is 3. The number of benzene rings is 1. The fourth-order valence-corrected chi connectivity index (χ4v) is 3.14. The third kappa shape index (κ3) is 6.52. The molecule has 9 nitrogen and oxygen atoms in total. The van der Waals surface area contributed by atoms with Gasteiger partial charge < -0.3 is 24.6 Å². The number of aryl methyl sites for hydroxylation is 1. The topological polar surface area (TPSA) is 107 Å². The van der Waals surface area contributed by atoms with Crippen LogP contribution in [0.5, 0.6) is 5.75 Å². The van der Waals surface area contributed by atoms with E-state index in [1.165, 1.54) is 0 Å². The van der Waals surface area contributed by atoms with Crippen LogP contribution in [0.3, 0.4) is 0 Å². The van der Waals surface area contributed by atoms with Gasteiger partial charge in [0.2, 0.25) is 11.4 Å². The van der Waals surface area contributed by atoms with Crippen molar-refractivity contribution in [2.75, 3.05) is 27.0 Å². The third-order valence-corrected chi connectivity index (χ3v) is 5.11. The highest BCUT2D eigenvalue weighted by atomic mass is 32.5. The highest BCUT2D eigenvalue weighted by Gasteiger charge is 2.65. The van der Waals surface area contributed by atoms with E-state index in [0.717, 1.165) is 12.1 Å². The van der Waals surface area contributed by atoms with Crippen LogP contribution in [-0.4, -0.2) is 60.3 Å². The van der Waals surface area contributed by atoms with Gasteiger partial charge in [-0.2, -0.15) is 13.2 Å². The predicted octanol–water partition coefficient (Wildman–Crippen LogP) is 4.59. The van der Waals surface area contributed by atoms with E-state index >= 15 is 0 Å². The molecule has 1 N–H and O–H groups in total. The average Bonchev–Trinajstić information content (AvgIpc) is 2.71. The molecule has 0 saturated carbocycles. The number of ether oxygens (including phenoxy) is 2. The first-order valence-electron chi connectivity index (χ1n) is 10.1. The molecule has 194 valence electrons. The molecule has 0 spiro atoms. The Kier molecular flexibility index (Phi) is 5.58. The third-order valence-electron chi connectivity index (χ3n) is 3.98. The maximum atomic E-state index is 13.6. The molecule has 1 atom stereocenters. The van der Waals surface area contributed by atoms with Crippen molar-refractivity contribution in [1.82, 2.24) is 5.01 Å². The van der Waals surface area contributed by atoms with Crippen LogP contribution in [0.2, 0.25) is 0 Å². The van der Waals surface area contributed by atoms with Crippen LogP contribution in [-0.2, 0) is 14.4 Å². The number of fused-ring (bicyclic) bond motifs is 1. The van der Waals surface area contributed by atoms with Crippen molar-refractivity contribution in [3.05, 3.63) is 34.0 Å². The van der Waals surface area contributed by atoms with Crippen LogP contribution in [0.25, 0.3) is 6.08 Å². The van der Waals surface area contributed by atoms with Crippen molar-refractivity contribution in [3.63, 3.8) is 0 Å². The van der Waals surface area contributed by atoms with Gasteiger partial charge in [-0.05, 0) is 30.6 Å². The van der Waals surface area contributed by atoms with Gasteiger partial charge in [-0.15, -0.1) is 5.01 Å². The zero-order valence-corrected chi connectivity index (χ0v) is 17.5. The van der Waals surface area contributed by atoms with Gasteiger partial charge in [-0.3, -0.25) is 0 Å². The first-order chi connectivity index (χ1) is 16.5. The smallest absolute Gasteiger partial charge is 0.430 e. The zero-order valence-electron chi connectivity index (χ0n) is 19.7. The number of carbonyl (C=O) groups is 1. The van der Waals surface area contributed by atoms with E-state index in [0.29, 0.717) is 0 Å². The second kappa shape index (κ2) is 8.33. The fraction of sp³-hybridized carbons (Fsp3) is 0.438. The Balaban J connectivity index is 2.52. The number of esters is 1. The summed E-state index contributed by atoms with van der Waals surface area (Å²) in [6.45, 7) is -5.62. The van der Waals surface area contributed by atoms with Crippen LogP contribution in [0.1, 0.15) is 15.2 Å². The Morgan fingerprint density at radius 1 is 1.35 bits per heavy atom. The highest BCUT2D eigenvalue weighted by Crippen LogP contribution is 3.02. The molecule has 0 radical (unpaired) electrons. The Bertz CT molecular complexity index is 1130. The number of carbonyl (C=O) groups excluding carboxylic acids is 1. The predicted molar refractivity (Wildman–Crippen MR) is 98.8 cm³/mol. The van der Waals surface area contributed by atoms with Crippen molar-refractivity contribution in [1.29, 1.82) is 0 Å². The maximum Gasteiger partial charge on any atom is 0.430 e. The Labute approximate surface area is 190 Å². The molecule has 0 saturated heterocycles. The van der Waals surface area contributed by atoms with Gasteiger partial charge in [0.15, 0.2) is 0 Å². The van der Waals surface area contributed by atoms with Crippen molar-refractivity contribution >= 4 is 22.3 Å². The summed E-state index contributed by atoms with van der Waals surface area (Å²) in [6.07, 6.45) is -8.67. The molecule has 1 aliphatic rings. The fourth-order valence-electron chi connectivity index (χ4n) is 2.45.